The lowest BCUT2D eigenvalue weighted by atomic mass is 10.1. The number of aliphatic imine (C=N–C) groups is 1. The van der Waals surface area contributed by atoms with Crippen LogP contribution in [0.2, 0.25) is 0 Å². The molecule has 1 aromatic rings. The van der Waals surface area contributed by atoms with Crippen molar-refractivity contribution in [3.8, 4) is 0 Å². The molecular formula is C17H31IN6O. The predicted molar refractivity (Wildman–Crippen MR) is 110 cm³/mol. The number of guanidine groups is 1. The highest BCUT2D eigenvalue weighted by Gasteiger charge is 2.26. The maximum Gasteiger partial charge on any atom is 0.193 e. The number of ether oxygens (including phenoxy) is 1. The zero-order chi connectivity index (χ0) is 16.9. The number of morpholine rings is 1. The summed E-state index contributed by atoms with van der Waals surface area (Å²) in [6, 6.07) is 0. The Labute approximate surface area is 167 Å². The molecule has 142 valence electrons. The largest absolute Gasteiger partial charge is 0.370 e. The van der Waals surface area contributed by atoms with E-state index in [9.17, 15) is 0 Å². The number of hydrogen-bond donors (Lipinski definition) is 1. The van der Waals surface area contributed by atoms with Crippen molar-refractivity contribution in [2.45, 2.75) is 19.4 Å². The summed E-state index contributed by atoms with van der Waals surface area (Å²) in [5.41, 5.74) is 1.13. The van der Waals surface area contributed by atoms with E-state index in [0.717, 1.165) is 43.6 Å². The number of halogens is 1. The number of nitrogens with one attached hydrogen (secondary N) is 1. The number of aryl methyl sites for hydroxylation is 1. The summed E-state index contributed by atoms with van der Waals surface area (Å²) in [5, 5.41) is 7.83. The van der Waals surface area contributed by atoms with Crippen molar-refractivity contribution in [3.05, 3.63) is 18.0 Å². The van der Waals surface area contributed by atoms with E-state index in [1.807, 2.05) is 31.2 Å². The molecule has 0 aromatic carbocycles. The van der Waals surface area contributed by atoms with Gasteiger partial charge in [0.25, 0.3) is 0 Å². The zero-order valence-corrected chi connectivity index (χ0v) is 17.8. The minimum atomic E-state index is 0. The second-order valence-electron chi connectivity index (χ2n) is 6.73. The first-order chi connectivity index (χ1) is 11.7. The quantitative estimate of drug-likeness (QED) is 0.416. The number of aromatic nitrogens is 2. The molecule has 2 atom stereocenters. The van der Waals surface area contributed by atoms with Crippen molar-refractivity contribution in [2.24, 2.45) is 18.0 Å². The molecule has 0 amide bonds. The Kier molecular flexibility index (Phi) is 7.95. The average Bonchev–Trinajstić information content (AvgIpc) is 3.24. The first-order valence-corrected chi connectivity index (χ1v) is 8.97. The third-order valence-corrected chi connectivity index (χ3v) is 5.04. The monoisotopic (exact) mass is 462 g/mol. The molecule has 1 aromatic heterocycles. The van der Waals surface area contributed by atoms with Gasteiger partial charge in [-0.25, -0.2) is 0 Å². The van der Waals surface area contributed by atoms with Gasteiger partial charge in [0, 0.05) is 45.5 Å². The fourth-order valence-corrected chi connectivity index (χ4v) is 3.58. The Bertz CT molecular complexity index is 563. The Morgan fingerprint density at radius 1 is 1.40 bits per heavy atom. The normalized spacial score (nSPS) is 25.1. The number of likely N-dealkylation sites (tertiary alicyclic amines) is 1. The summed E-state index contributed by atoms with van der Waals surface area (Å²) in [6.07, 6.45) is 5.26. The summed E-state index contributed by atoms with van der Waals surface area (Å²) in [5.74, 6) is 1.71. The van der Waals surface area contributed by atoms with E-state index in [1.54, 1.807) is 0 Å². The van der Waals surface area contributed by atoms with Crippen molar-refractivity contribution in [1.82, 2.24) is 24.9 Å². The van der Waals surface area contributed by atoms with E-state index < -0.39 is 0 Å². The van der Waals surface area contributed by atoms with Crippen LogP contribution in [0.25, 0.3) is 0 Å². The maximum absolute atomic E-state index is 5.92. The molecule has 2 aliphatic rings. The van der Waals surface area contributed by atoms with Crippen LogP contribution in [0.1, 0.15) is 25.0 Å². The fraction of sp³-hybridized carbons (Fsp3) is 0.765. The van der Waals surface area contributed by atoms with Gasteiger partial charge in [-0.2, -0.15) is 5.10 Å². The van der Waals surface area contributed by atoms with Crippen LogP contribution in [0.3, 0.4) is 0 Å². The lowest BCUT2D eigenvalue weighted by Gasteiger charge is -2.35. The van der Waals surface area contributed by atoms with Gasteiger partial charge in [-0.3, -0.25) is 9.67 Å². The minimum Gasteiger partial charge on any atom is -0.370 e. The Morgan fingerprint density at radius 2 is 2.24 bits per heavy atom. The predicted octanol–water partition coefficient (Wildman–Crippen LogP) is 1.33. The van der Waals surface area contributed by atoms with Gasteiger partial charge < -0.3 is 19.9 Å². The Morgan fingerprint density at radius 3 is 2.88 bits per heavy atom. The molecule has 8 heteroatoms. The van der Waals surface area contributed by atoms with Crippen LogP contribution >= 0.6 is 24.0 Å². The van der Waals surface area contributed by atoms with Gasteiger partial charge in [0.1, 0.15) is 6.10 Å². The molecule has 0 saturated carbocycles. The summed E-state index contributed by atoms with van der Waals surface area (Å²) < 4.78 is 7.75. The van der Waals surface area contributed by atoms with Crippen molar-refractivity contribution in [1.29, 1.82) is 0 Å². The molecule has 1 N–H and O–H groups in total. The molecule has 2 unspecified atom stereocenters. The van der Waals surface area contributed by atoms with Crippen molar-refractivity contribution in [3.63, 3.8) is 0 Å². The fourth-order valence-electron chi connectivity index (χ4n) is 3.58. The van der Waals surface area contributed by atoms with Gasteiger partial charge in [0.15, 0.2) is 5.96 Å². The highest BCUT2D eigenvalue weighted by molar-refractivity contribution is 14.0. The topological polar surface area (TPSA) is 57.9 Å². The zero-order valence-electron chi connectivity index (χ0n) is 15.5. The summed E-state index contributed by atoms with van der Waals surface area (Å²) >= 11 is 0. The van der Waals surface area contributed by atoms with Gasteiger partial charge in [0.2, 0.25) is 0 Å². The lowest BCUT2D eigenvalue weighted by molar-refractivity contribution is -0.00807. The van der Waals surface area contributed by atoms with E-state index in [4.69, 9.17) is 4.74 Å². The number of rotatable bonds is 4. The van der Waals surface area contributed by atoms with Gasteiger partial charge in [-0.1, -0.05) is 6.92 Å². The molecule has 25 heavy (non-hydrogen) atoms. The molecule has 0 bridgehead atoms. The standard InChI is InChI=1S/C17H30N6O.HI/c1-4-22-6-5-14(11-22)9-19-17(18-2)23-7-8-24-16(13-23)15-10-20-21(3)12-15;/h10,12,14,16H,4-9,11,13H2,1-3H3,(H,18,19);1H. The first kappa shape index (κ1) is 20.4. The smallest absolute Gasteiger partial charge is 0.193 e. The van der Waals surface area contributed by atoms with Crippen LogP contribution in [0.15, 0.2) is 17.4 Å². The molecule has 7 nitrogen and oxygen atoms in total. The van der Waals surface area contributed by atoms with E-state index in [2.05, 4.69) is 32.1 Å². The molecule has 0 spiro atoms. The van der Waals surface area contributed by atoms with Crippen LogP contribution in [0.4, 0.5) is 0 Å². The summed E-state index contributed by atoms with van der Waals surface area (Å²) in [4.78, 5) is 9.30. The van der Waals surface area contributed by atoms with Gasteiger partial charge in [-0.15, -0.1) is 24.0 Å². The second kappa shape index (κ2) is 9.72. The first-order valence-electron chi connectivity index (χ1n) is 8.97. The van der Waals surface area contributed by atoms with Crippen LogP contribution in [0, 0.1) is 5.92 Å². The molecular weight excluding hydrogens is 431 g/mol. The second-order valence-corrected chi connectivity index (χ2v) is 6.73. The van der Waals surface area contributed by atoms with Crippen LogP contribution in [-0.2, 0) is 11.8 Å². The van der Waals surface area contributed by atoms with E-state index >= 15 is 0 Å². The maximum atomic E-state index is 5.92. The van der Waals surface area contributed by atoms with Crippen LogP contribution < -0.4 is 5.32 Å². The Hall–Kier alpha value is -0.870. The minimum absolute atomic E-state index is 0. The molecule has 0 radical (unpaired) electrons. The molecule has 2 fully saturated rings. The van der Waals surface area contributed by atoms with E-state index in [1.165, 1.54) is 19.5 Å². The van der Waals surface area contributed by atoms with E-state index in [0.29, 0.717) is 6.61 Å². The highest BCUT2D eigenvalue weighted by atomic mass is 127. The van der Waals surface area contributed by atoms with Crippen LogP contribution in [-0.4, -0.2) is 78.5 Å². The summed E-state index contributed by atoms with van der Waals surface area (Å²) in [6.45, 7) is 9.22. The third-order valence-electron chi connectivity index (χ3n) is 5.04. The molecule has 2 saturated heterocycles. The van der Waals surface area contributed by atoms with Crippen LogP contribution in [0.5, 0.6) is 0 Å². The lowest BCUT2D eigenvalue weighted by Crippen LogP contribution is -2.49. The number of nitrogens with zero attached hydrogens (tertiary/aromatic N) is 5. The molecule has 2 aliphatic heterocycles. The summed E-state index contributed by atoms with van der Waals surface area (Å²) in [7, 11) is 3.80. The van der Waals surface area contributed by atoms with Crippen molar-refractivity contribution >= 4 is 29.9 Å². The third kappa shape index (κ3) is 5.30. The Balaban J connectivity index is 0.00000225. The van der Waals surface area contributed by atoms with E-state index in [-0.39, 0.29) is 30.1 Å². The average molecular weight is 462 g/mol. The van der Waals surface area contributed by atoms with Gasteiger partial charge in [0.05, 0.1) is 19.3 Å². The molecule has 0 aliphatic carbocycles. The molecule has 3 rings (SSSR count). The SMILES string of the molecule is CCN1CCC(CNC(=NC)N2CCOC(c3cnn(C)c3)C2)C1.I. The number of hydrogen-bond acceptors (Lipinski definition) is 4. The van der Waals surface area contributed by atoms with Gasteiger partial charge >= 0.3 is 0 Å². The van der Waals surface area contributed by atoms with Crippen molar-refractivity contribution < 1.29 is 4.74 Å². The van der Waals surface area contributed by atoms with Crippen molar-refractivity contribution in [2.75, 3.05) is 52.9 Å². The molecule has 3 heterocycles. The van der Waals surface area contributed by atoms with Gasteiger partial charge in [-0.05, 0) is 25.4 Å². The highest BCUT2D eigenvalue weighted by Crippen LogP contribution is 2.22.